The molecule has 328 valence electrons. The summed E-state index contributed by atoms with van der Waals surface area (Å²) in [5.41, 5.74) is 0. The molecule has 0 heterocycles. The number of hydrogen-bond donors (Lipinski definition) is 1. The molecule has 2 unspecified atom stereocenters. The van der Waals surface area contributed by atoms with Gasteiger partial charge in [-0.1, -0.05) is 200 Å². The van der Waals surface area contributed by atoms with Gasteiger partial charge in [-0.25, -0.2) is 4.57 Å². The predicted octanol–water partition coefficient (Wildman–Crippen LogP) is 13.2. The Morgan fingerprint density at radius 1 is 0.491 bits per heavy atom. The molecule has 0 bridgehead atoms. The zero-order chi connectivity index (χ0) is 40.7. The SMILES string of the molecule is CCCCCCCCCCCCCCCCCCCCCCCCCC(=O)OCC(COP(=O)(O)OCC[N+](C)(C)C)OC(=O)CCCCCCCCCC. The highest BCUT2D eigenvalue weighted by atomic mass is 31.2. The number of phosphoric ester groups is 1. The van der Waals surface area contributed by atoms with Crippen LogP contribution in [0, 0.1) is 0 Å². The van der Waals surface area contributed by atoms with Crippen molar-refractivity contribution in [1.82, 2.24) is 0 Å². The highest BCUT2D eigenvalue weighted by Gasteiger charge is 2.27. The number of ether oxygens (including phenoxy) is 2. The van der Waals surface area contributed by atoms with Crippen molar-refractivity contribution < 1.29 is 42.1 Å². The van der Waals surface area contributed by atoms with Crippen LogP contribution in [0.15, 0.2) is 0 Å². The first-order valence-electron chi connectivity index (χ1n) is 23.3. The summed E-state index contributed by atoms with van der Waals surface area (Å²) < 4.78 is 34.2. The molecule has 0 saturated carbocycles. The van der Waals surface area contributed by atoms with Crippen LogP contribution >= 0.6 is 7.82 Å². The topological polar surface area (TPSA) is 108 Å². The van der Waals surface area contributed by atoms with Gasteiger partial charge in [0.05, 0.1) is 27.7 Å². The van der Waals surface area contributed by atoms with Gasteiger partial charge >= 0.3 is 19.8 Å². The molecule has 0 aliphatic rings. The number of phosphoric acid groups is 1. The van der Waals surface area contributed by atoms with E-state index in [1.54, 1.807) is 0 Å². The average Bonchev–Trinajstić information content (AvgIpc) is 3.13. The summed E-state index contributed by atoms with van der Waals surface area (Å²) in [5, 5.41) is 0. The Labute approximate surface area is 340 Å². The van der Waals surface area contributed by atoms with Gasteiger partial charge in [0.15, 0.2) is 6.10 Å². The van der Waals surface area contributed by atoms with Crippen molar-refractivity contribution in [3.8, 4) is 0 Å². The van der Waals surface area contributed by atoms with Crippen molar-refractivity contribution in [2.75, 3.05) is 47.5 Å². The Kier molecular flexibility index (Phi) is 37.8. The fourth-order valence-electron chi connectivity index (χ4n) is 6.72. The third-order valence-corrected chi connectivity index (χ3v) is 11.4. The van der Waals surface area contributed by atoms with E-state index in [1.807, 2.05) is 21.1 Å². The number of esters is 2. The lowest BCUT2D eigenvalue weighted by atomic mass is 10.0. The molecule has 0 aliphatic heterocycles. The number of quaternary nitrogens is 1. The Morgan fingerprint density at radius 3 is 1.16 bits per heavy atom. The zero-order valence-corrected chi connectivity index (χ0v) is 37.8. The molecule has 0 amide bonds. The van der Waals surface area contributed by atoms with E-state index >= 15 is 0 Å². The number of nitrogens with zero attached hydrogens (tertiary/aromatic N) is 1. The molecule has 0 aromatic heterocycles. The van der Waals surface area contributed by atoms with Crippen LogP contribution in [0.1, 0.15) is 226 Å². The molecule has 0 spiro atoms. The first-order valence-corrected chi connectivity index (χ1v) is 24.8. The van der Waals surface area contributed by atoms with Gasteiger partial charge in [0.2, 0.25) is 0 Å². The third kappa shape index (κ3) is 42.4. The minimum atomic E-state index is -4.36. The average molecular weight is 805 g/mol. The summed E-state index contributed by atoms with van der Waals surface area (Å²) in [6.07, 6.45) is 38.9. The Bertz CT molecular complexity index is 912. The molecule has 0 fully saturated rings. The van der Waals surface area contributed by atoms with Crippen LogP contribution in [0.2, 0.25) is 0 Å². The van der Waals surface area contributed by atoms with E-state index in [2.05, 4.69) is 13.8 Å². The molecule has 1 N–H and O–H groups in total. The Morgan fingerprint density at radius 2 is 0.818 bits per heavy atom. The van der Waals surface area contributed by atoms with Gasteiger partial charge in [-0.2, -0.15) is 0 Å². The zero-order valence-electron chi connectivity index (χ0n) is 36.9. The first kappa shape index (κ1) is 54.0. The van der Waals surface area contributed by atoms with Gasteiger partial charge in [0.25, 0.3) is 0 Å². The first-order chi connectivity index (χ1) is 26.5. The van der Waals surface area contributed by atoms with E-state index < -0.39 is 26.5 Å². The highest BCUT2D eigenvalue weighted by molar-refractivity contribution is 7.47. The maximum Gasteiger partial charge on any atom is 0.472 e. The van der Waals surface area contributed by atoms with Crippen LogP contribution in [-0.2, 0) is 32.7 Å². The van der Waals surface area contributed by atoms with Crippen LogP contribution in [-0.4, -0.2) is 74.9 Å². The van der Waals surface area contributed by atoms with E-state index in [0.717, 1.165) is 32.1 Å². The summed E-state index contributed by atoms with van der Waals surface area (Å²) >= 11 is 0. The molecule has 0 aromatic rings. The van der Waals surface area contributed by atoms with Crippen molar-refractivity contribution in [3.63, 3.8) is 0 Å². The van der Waals surface area contributed by atoms with Crippen molar-refractivity contribution in [2.24, 2.45) is 0 Å². The molecule has 0 saturated heterocycles. The summed E-state index contributed by atoms with van der Waals surface area (Å²) in [6.45, 7) is 4.42. The van der Waals surface area contributed by atoms with E-state index in [4.69, 9.17) is 18.5 Å². The molecular formula is C45H91NO8P+. The minimum Gasteiger partial charge on any atom is -0.462 e. The number of rotatable bonds is 43. The van der Waals surface area contributed by atoms with E-state index in [-0.39, 0.29) is 25.6 Å². The molecular weight excluding hydrogens is 713 g/mol. The molecule has 0 radical (unpaired) electrons. The van der Waals surface area contributed by atoms with Gasteiger partial charge in [-0.3, -0.25) is 18.6 Å². The van der Waals surface area contributed by atoms with Gasteiger partial charge in [-0.05, 0) is 12.8 Å². The Hall–Kier alpha value is -0.990. The number of carbonyl (C=O) groups excluding carboxylic acids is 2. The lowest BCUT2D eigenvalue weighted by Crippen LogP contribution is -2.37. The van der Waals surface area contributed by atoms with Crippen LogP contribution < -0.4 is 0 Å². The fraction of sp³-hybridized carbons (Fsp3) is 0.956. The summed E-state index contributed by atoms with van der Waals surface area (Å²) in [4.78, 5) is 35.2. The van der Waals surface area contributed by atoms with Crippen molar-refractivity contribution in [2.45, 2.75) is 232 Å². The largest absolute Gasteiger partial charge is 0.472 e. The van der Waals surface area contributed by atoms with Crippen LogP contribution in [0.25, 0.3) is 0 Å². The van der Waals surface area contributed by atoms with Crippen molar-refractivity contribution in [1.29, 1.82) is 0 Å². The summed E-state index contributed by atoms with van der Waals surface area (Å²) in [6, 6.07) is 0. The lowest BCUT2D eigenvalue weighted by molar-refractivity contribution is -0.870. The van der Waals surface area contributed by atoms with Gasteiger partial charge in [-0.15, -0.1) is 0 Å². The fourth-order valence-corrected chi connectivity index (χ4v) is 7.46. The highest BCUT2D eigenvalue weighted by Crippen LogP contribution is 2.43. The van der Waals surface area contributed by atoms with Gasteiger partial charge in [0.1, 0.15) is 19.8 Å². The quantitative estimate of drug-likeness (QED) is 0.0281. The molecule has 2 atom stereocenters. The number of hydrogen-bond acceptors (Lipinski definition) is 7. The second-order valence-electron chi connectivity index (χ2n) is 17.2. The van der Waals surface area contributed by atoms with Crippen LogP contribution in [0.3, 0.4) is 0 Å². The number of carbonyl (C=O) groups is 2. The molecule has 0 aromatic carbocycles. The molecule has 9 nitrogen and oxygen atoms in total. The lowest BCUT2D eigenvalue weighted by Gasteiger charge is -2.24. The minimum absolute atomic E-state index is 0.0364. The van der Waals surface area contributed by atoms with E-state index in [9.17, 15) is 19.0 Å². The maximum atomic E-state index is 12.6. The smallest absolute Gasteiger partial charge is 0.462 e. The monoisotopic (exact) mass is 805 g/mol. The number of unbranched alkanes of at least 4 members (excludes halogenated alkanes) is 29. The van der Waals surface area contributed by atoms with Gasteiger partial charge < -0.3 is 18.9 Å². The molecule has 10 heteroatoms. The second-order valence-corrected chi connectivity index (χ2v) is 18.6. The molecule has 0 aliphatic carbocycles. The van der Waals surface area contributed by atoms with E-state index in [1.165, 1.54) is 161 Å². The number of likely N-dealkylation sites (N-methyl/N-ethyl adjacent to an activating group) is 1. The van der Waals surface area contributed by atoms with E-state index in [0.29, 0.717) is 23.9 Å². The van der Waals surface area contributed by atoms with Crippen LogP contribution in [0.5, 0.6) is 0 Å². The van der Waals surface area contributed by atoms with Crippen molar-refractivity contribution in [3.05, 3.63) is 0 Å². The van der Waals surface area contributed by atoms with Gasteiger partial charge in [0, 0.05) is 12.8 Å². The predicted molar refractivity (Wildman–Crippen MR) is 229 cm³/mol. The molecule has 0 rings (SSSR count). The maximum absolute atomic E-state index is 12.6. The van der Waals surface area contributed by atoms with Crippen molar-refractivity contribution >= 4 is 19.8 Å². The molecule has 55 heavy (non-hydrogen) atoms. The third-order valence-electron chi connectivity index (χ3n) is 10.4. The second kappa shape index (κ2) is 38.5. The summed E-state index contributed by atoms with van der Waals surface area (Å²) in [5.74, 6) is -0.789. The normalized spacial score (nSPS) is 13.5. The Balaban J connectivity index is 4.06. The van der Waals surface area contributed by atoms with Crippen LogP contribution in [0.4, 0.5) is 0 Å². The summed E-state index contributed by atoms with van der Waals surface area (Å²) in [7, 11) is 1.49. The standard InChI is InChI=1S/C45H90NO8P/c1-6-8-10-12-14-16-17-18-19-20-21-22-23-24-25-26-27-28-29-30-32-33-35-37-44(47)51-41-43(42-53-55(49,50)52-40-39-46(3,4)5)54-45(48)38-36-34-31-15-13-11-9-7-2/h43H,6-42H2,1-5H3/p+1.